The van der Waals surface area contributed by atoms with Gasteiger partial charge in [0, 0.05) is 59.7 Å². The molecule has 4 heterocycles. The summed E-state index contributed by atoms with van der Waals surface area (Å²) in [5.41, 5.74) is 16.3. The van der Waals surface area contributed by atoms with Crippen molar-refractivity contribution in [3.8, 4) is 11.4 Å². The van der Waals surface area contributed by atoms with E-state index in [0.29, 0.717) is 0 Å². The van der Waals surface area contributed by atoms with Crippen LogP contribution in [0.4, 0.5) is 0 Å². The van der Waals surface area contributed by atoms with E-state index in [9.17, 15) is 0 Å². The van der Waals surface area contributed by atoms with Crippen LogP contribution in [0.5, 0.6) is 0 Å². The molecule has 3 heteroatoms. The number of hydrogen-bond donors (Lipinski definition) is 0. The molecule has 386 valence electrons. The van der Waals surface area contributed by atoms with Gasteiger partial charge in [0.1, 0.15) is 0 Å². The highest BCUT2D eigenvalue weighted by molar-refractivity contribution is 6.25. The third kappa shape index (κ3) is 6.91. The van der Waals surface area contributed by atoms with Gasteiger partial charge in [-0.3, -0.25) is 0 Å². The summed E-state index contributed by atoms with van der Waals surface area (Å²) in [7, 11) is 0. The van der Waals surface area contributed by atoms with Crippen LogP contribution in [0.25, 0.3) is 93.1 Å². The number of nitrogens with zero attached hydrogens (tertiary/aromatic N) is 3. The first-order valence-corrected chi connectivity index (χ1v) is 28.5. The Balaban J connectivity index is 1.14. The molecule has 15 rings (SSSR count). The Kier molecular flexibility index (Phi) is 9.74. The molecule has 79 heavy (non-hydrogen) atoms. The van der Waals surface area contributed by atoms with E-state index in [2.05, 4.69) is 285 Å². The van der Waals surface area contributed by atoms with Crippen LogP contribution < -0.4 is 0 Å². The lowest BCUT2D eigenvalue weighted by molar-refractivity contribution is 0.590. The second-order valence-electron chi connectivity index (χ2n) is 27.0. The summed E-state index contributed by atoms with van der Waals surface area (Å²) in [6.45, 7) is 27.9. The topological polar surface area (TPSA) is 14.3 Å². The van der Waals surface area contributed by atoms with Gasteiger partial charge in [0.25, 0.3) is 0 Å². The van der Waals surface area contributed by atoms with Gasteiger partial charge >= 0.3 is 0 Å². The maximum atomic E-state index is 2.64. The van der Waals surface area contributed by atoms with Crippen LogP contribution in [0.3, 0.4) is 0 Å². The van der Waals surface area contributed by atoms with Crippen molar-refractivity contribution in [1.29, 1.82) is 0 Å². The van der Waals surface area contributed by atoms with Gasteiger partial charge in [-0.2, -0.15) is 0 Å². The van der Waals surface area contributed by atoms with E-state index < -0.39 is 0 Å². The van der Waals surface area contributed by atoms with Gasteiger partial charge in [0.15, 0.2) is 0 Å². The fraction of sp³-hybridized carbons (Fsp3) is 0.211. The molecule has 0 N–H and O–H groups in total. The van der Waals surface area contributed by atoms with Crippen LogP contribution in [0.2, 0.25) is 0 Å². The lowest BCUT2D eigenvalue weighted by atomic mass is 9.85. The number of benzene rings is 10. The zero-order chi connectivity index (χ0) is 54.4. The summed E-state index contributed by atoms with van der Waals surface area (Å²) in [5, 5.41) is 20.2. The molecule has 14 aromatic rings. The minimum atomic E-state index is -0.00327. The van der Waals surface area contributed by atoms with Gasteiger partial charge in [-0.1, -0.05) is 192 Å². The minimum Gasteiger partial charge on any atom is -0.309 e. The van der Waals surface area contributed by atoms with E-state index in [0.717, 1.165) is 5.69 Å². The highest BCUT2D eigenvalue weighted by Crippen LogP contribution is 2.46. The van der Waals surface area contributed by atoms with Crippen LogP contribution in [0.1, 0.15) is 105 Å². The van der Waals surface area contributed by atoms with Crippen molar-refractivity contribution >= 4 is 81.7 Å². The van der Waals surface area contributed by atoms with Crippen molar-refractivity contribution in [2.24, 2.45) is 0 Å². The third-order valence-corrected chi connectivity index (χ3v) is 18.0. The molecule has 0 bridgehead atoms. The predicted molar refractivity (Wildman–Crippen MR) is 335 cm³/mol. The Bertz CT molecular complexity index is 5260. The summed E-state index contributed by atoms with van der Waals surface area (Å²) in [5.74, 6) is 0. The molecule has 0 unspecified atom stereocenters. The molecule has 0 saturated heterocycles. The first-order chi connectivity index (χ1) is 37.7. The lowest BCUT2D eigenvalue weighted by Crippen LogP contribution is -2.10. The first kappa shape index (κ1) is 47.8. The molecule has 4 aromatic heterocycles. The van der Waals surface area contributed by atoms with E-state index in [1.807, 2.05) is 0 Å². The van der Waals surface area contributed by atoms with E-state index in [-0.39, 0.29) is 21.7 Å². The number of rotatable bonds is 2. The average molecular weight is 1020 g/mol. The molecule has 1 aliphatic carbocycles. The van der Waals surface area contributed by atoms with Crippen LogP contribution in [-0.2, 0) is 21.7 Å². The Morgan fingerprint density at radius 3 is 0.987 bits per heavy atom. The Morgan fingerprint density at radius 2 is 0.570 bits per heavy atom. The molecule has 0 radical (unpaired) electrons. The summed E-state index contributed by atoms with van der Waals surface area (Å²) in [6, 6.07) is 73.2. The van der Waals surface area contributed by atoms with E-state index in [1.165, 1.54) is 151 Å². The quantitative estimate of drug-likeness (QED) is 0.164. The monoisotopic (exact) mass is 1020 g/mol. The summed E-state index contributed by atoms with van der Waals surface area (Å²) < 4.78 is 7.74. The minimum absolute atomic E-state index is 0.00327. The van der Waals surface area contributed by atoms with Crippen molar-refractivity contribution in [3.63, 3.8) is 0 Å². The normalized spacial score (nSPS) is 13.3. The van der Waals surface area contributed by atoms with Gasteiger partial charge in [0.2, 0.25) is 0 Å². The second kappa shape index (κ2) is 16.1. The molecular formula is C76H67N3. The molecule has 0 atom stereocenters. The standard InChI is InChI=1S/C76H67N3/c1-73(2,3)44-25-32-65-58(37-44)59-38-45(74(4,5)6)26-33-66(59)77(65)48-29-36-69-62(41-48)64-43-49(78-67-34-27-46(75(7,8)9)39-60(67)61-40-47(76(10,11)12)28-35-68(61)78)42-63-57-31-30-56-54-23-16-15-21-52(54)50-19-13-14-20-51(50)53-22-17-18-24-55(53)70(56)72(57)79(69)71(63)64/h13-43H,1-12H3. The van der Waals surface area contributed by atoms with Gasteiger partial charge in [-0.25, -0.2) is 0 Å². The molecule has 10 aromatic carbocycles. The second-order valence-corrected chi connectivity index (χ2v) is 27.0. The maximum Gasteiger partial charge on any atom is 0.0626 e. The van der Waals surface area contributed by atoms with Crippen molar-refractivity contribution in [2.45, 2.75) is 105 Å². The molecule has 0 fully saturated rings. The Labute approximate surface area is 460 Å². The maximum absolute atomic E-state index is 2.64. The van der Waals surface area contributed by atoms with E-state index in [4.69, 9.17) is 0 Å². The smallest absolute Gasteiger partial charge is 0.0626 e. The van der Waals surface area contributed by atoms with E-state index in [1.54, 1.807) is 0 Å². The number of fused-ring (bicyclic) bond motifs is 17. The van der Waals surface area contributed by atoms with Crippen LogP contribution in [-0.4, -0.2) is 13.5 Å². The number of aromatic nitrogens is 3. The number of hydrogen-bond acceptors (Lipinski definition) is 0. The van der Waals surface area contributed by atoms with Gasteiger partial charge in [-0.15, -0.1) is 0 Å². The lowest BCUT2D eigenvalue weighted by Gasteiger charge is -2.19. The highest BCUT2D eigenvalue weighted by atomic mass is 15.0. The highest BCUT2D eigenvalue weighted by Gasteiger charge is 2.27. The first-order valence-electron chi connectivity index (χ1n) is 28.5. The fourth-order valence-electron chi connectivity index (χ4n) is 13.7. The van der Waals surface area contributed by atoms with E-state index >= 15 is 0 Å². The van der Waals surface area contributed by atoms with Crippen LogP contribution >= 0.6 is 0 Å². The molecule has 0 saturated carbocycles. The molecule has 0 amide bonds. The third-order valence-electron chi connectivity index (χ3n) is 18.0. The predicted octanol–water partition coefficient (Wildman–Crippen LogP) is 19.7. The molecule has 0 aliphatic heterocycles. The Morgan fingerprint density at radius 1 is 0.241 bits per heavy atom. The summed E-state index contributed by atoms with van der Waals surface area (Å²) in [6.07, 6.45) is 0. The van der Waals surface area contributed by atoms with Crippen molar-refractivity contribution in [3.05, 3.63) is 252 Å². The zero-order valence-corrected chi connectivity index (χ0v) is 47.7. The molecule has 1 aliphatic rings. The molecule has 0 spiro atoms. The zero-order valence-electron chi connectivity index (χ0n) is 47.7. The summed E-state index contributed by atoms with van der Waals surface area (Å²) in [4.78, 5) is 0. The summed E-state index contributed by atoms with van der Waals surface area (Å²) >= 11 is 0. The van der Waals surface area contributed by atoms with Crippen molar-refractivity contribution in [1.82, 2.24) is 13.5 Å². The molecular weight excluding hydrogens is 955 g/mol. The SMILES string of the molecule is CC(C)(C)c1ccc2c(c1)c1cc(C(C)(C)C)ccc1n2-c1ccc2c(c1)c1cc(-n3c4ccc(C(C)(C)C)cc4c4cc(C(C)(C)C)ccc43)cc3c4ccc5c(c4n2c13)=c1ccccc1=c1ccccc1=c1ccccc1=5. The average Bonchev–Trinajstić information content (AvgIpc) is 2.89. The van der Waals surface area contributed by atoms with Crippen molar-refractivity contribution < 1.29 is 0 Å². The largest absolute Gasteiger partial charge is 0.309 e. The Hall–Kier alpha value is -8.40. The molecule has 3 nitrogen and oxygen atoms in total. The van der Waals surface area contributed by atoms with Crippen LogP contribution in [0.15, 0.2) is 188 Å². The van der Waals surface area contributed by atoms with Crippen LogP contribution in [0, 0.1) is 41.7 Å². The fourth-order valence-corrected chi connectivity index (χ4v) is 13.7. The van der Waals surface area contributed by atoms with Gasteiger partial charge < -0.3 is 13.5 Å². The van der Waals surface area contributed by atoms with Gasteiger partial charge in [-0.05, 0) is 159 Å². The van der Waals surface area contributed by atoms with Crippen molar-refractivity contribution in [2.75, 3.05) is 0 Å². The van der Waals surface area contributed by atoms with Gasteiger partial charge in [0.05, 0.1) is 38.6 Å².